The summed E-state index contributed by atoms with van der Waals surface area (Å²) in [6, 6.07) is 0.696. The minimum absolute atomic E-state index is 0.362. The number of hydrogen-bond donors (Lipinski definition) is 1. The third kappa shape index (κ3) is 4.23. The summed E-state index contributed by atoms with van der Waals surface area (Å²) < 4.78 is 10.8. The van der Waals surface area contributed by atoms with Crippen molar-refractivity contribution in [1.82, 2.24) is 5.32 Å². The molecule has 0 aromatic rings. The van der Waals surface area contributed by atoms with E-state index in [1.54, 1.807) is 0 Å². The van der Waals surface area contributed by atoms with Gasteiger partial charge in [-0.1, -0.05) is 26.2 Å². The summed E-state index contributed by atoms with van der Waals surface area (Å²) in [6.45, 7) is 4.63. The van der Waals surface area contributed by atoms with Crippen molar-refractivity contribution in [3.63, 3.8) is 0 Å². The standard InChI is InChI=1S/C14H27NO2/c1-2-14(12-6-4-3-5-7-12)15-10-13-8-9-16-11-17-13/h12-15H,2-11H2,1H3. The summed E-state index contributed by atoms with van der Waals surface area (Å²) in [6.07, 6.45) is 9.77. The highest BCUT2D eigenvalue weighted by Crippen LogP contribution is 2.27. The van der Waals surface area contributed by atoms with Gasteiger partial charge in [-0.15, -0.1) is 0 Å². The molecular weight excluding hydrogens is 214 g/mol. The molecule has 0 bridgehead atoms. The number of nitrogens with one attached hydrogen (secondary N) is 1. The first kappa shape index (κ1) is 13.3. The lowest BCUT2D eigenvalue weighted by Crippen LogP contribution is -2.43. The Bertz CT molecular complexity index is 198. The van der Waals surface area contributed by atoms with Gasteiger partial charge in [0, 0.05) is 12.6 Å². The van der Waals surface area contributed by atoms with Gasteiger partial charge in [0.25, 0.3) is 0 Å². The van der Waals surface area contributed by atoms with E-state index in [0.717, 1.165) is 25.5 Å². The van der Waals surface area contributed by atoms with Crippen molar-refractivity contribution in [3.8, 4) is 0 Å². The molecule has 1 saturated heterocycles. The zero-order chi connectivity index (χ0) is 11.9. The number of hydrogen-bond acceptors (Lipinski definition) is 3. The molecule has 1 N–H and O–H groups in total. The van der Waals surface area contributed by atoms with Gasteiger partial charge in [-0.25, -0.2) is 0 Å². The van der Waals surface area contributed by atoms with Crippen molar-refractivity contribution < 1.29 is 9.47 Å². The lowest BCUT2D eigenvalue weighted by Gasteiger charge is -2.32. The molecule has 2 rings (SSSR count). The first-order valence-electron chi connectivity index (χ1n) is 7.33. The Balaban J connectivity index is 1.70. The van der Waals surface area contributed by atoms with Crippen molar-refractivity contribution in [1.29, 1.82) is 0 Å². The summed E-state index contributed by atoms with van der Waals surface area (Å²) in [5.41, 5.74) is 0. The van der Waals surface area contributed by atoms with Gasteiger partial charge in [-0.3, -0.25) is 0 Å². The fraction of sp³-hybridized carbons (Fsp3) is 1.00. The third-order valence-electron chi connectivity index (χ3n) is 4.24. The van der Waals surface area contributed by atoms with Gasteiger partial charge in [0.05, 0.1) is 12.7 Å². The molecule has 2 fully saturated rings. The fourth-order valence-corrected chi connectivity index (χ4v) is 3.13. The average Bonchev–Trinajstić information content (AvgIpc) is 2.42. The van der Waals surface area contributed by atoms with Crippen molar-refractivity contribution in [3.05, 3.63) is 0 Å². The Morgan fingerprint density at radius 1 is 1.18 bits per heavy atom. The van der Waals surface area contributed by atoms with Gasteiger partial charge in [0.1, 0.15) is 6.79 Å². The molecule has 2 unspecified atom stereocenters. The summed E-state index contributed by atoms with van der Waals surface area (Å²) in [7, 11) is 0. The van der Waals surface area contributed by atoms with Crippen LogP contribution in [-0.2, 0) is 9.47 Å². The lowest BCUT2D eigenvalue weighted by atomic mass is 9.83. The van der Waals surface area contributed by atoms with Crippen molar-refractivity contribution >= 4 is 0 Å². The number of ether oxygens (including phenoxy) is 2. The van der Waals surface area contributed by atoms with Gasteiger partial charge in [-0.05, 0) is 31.6 Å². The molecule has 0 radical (unpaired) electrons. The second kappa shape index (κ2) is 7.34. The maximum Gasteiger partial charge on any atom is 0.147 e. The molecule has 2 atom stereocenters. The molecule has 3 heteroatoms. The monoisotopic (exact) mass is 241 g/mol. The molecular formula is C14H27NO2. The molecule has 2 aliphatic rings. The van der Waals surface area contributed by atoms with Crippen LogP contribution in [-0.4, -0.2) is 32.1 Å². The quantitative estimate of drug-likeness (QED) is 0.803. The highest BCUT2D eigenvalue weighted by atomic mass is 16.7. The zero-order valence-electron chi connectivity index (χ0n) is 11.1. The Morgan fingerprint density at radius 3 is 2.65 bits per heavy atom. The minimum Gasteiger partial charge on any atom is -0.355 e. The molecule has 1 heterocycles. The molecule has 3 nitrogen and oxygen atoms in total. The van der Waals surface area contributed by atoms with Crippen LogP contribution in [0, 0.1) is 5.92 Å². The van der Waals surface area contributed by atoms with Crippen LogP contribution in [0.15, 0.2) is 0 Å². The molecule has 0 aromatic heterocycles. The van der Waals surface area contributed by atoms with Crippen LogP contribution in [0.25, 0.3) is 0 Å². The highest BCUT2D eigenvalue weighted by molar-refractivity contribution is 4.79. The molecule has 0 amide bonds. The normalized spacial score (nSPS) is 29.1. The molecule has 1 aliphatic carbocycles. The predicted octanol–water partition coefficient (Wildman–Crippen LogP) is 2.70. The van der Waals surface area contributed by atoms with E-state index in [1.165, 1.54) is 38.5 Å². The fourth-order valence-electron chi connectivity index (χ4n) is 3.13. The van der Waals surface area contributed by atoms with E-state index in [-0.39, 0.29) is 0 Å². The highest BCUT2D eigenvalue weighted by Gasteiger charge is 2.23. The van der Waals surface area contributed by atoms with Crippen LogP contribution >= 0.6 is 0 Å². The third-order valence-corrected chi connectivity index (χ3v) is 4.24. The van der Waals surface area contributed by atoms with Crippen LogP contribution in [0.3, 0.4) is 0 Å². The smallest absolute Gasteiger partial charge is 0.147 e. The van der Waals surface area contributed by atoms with Gasteiger partial charge in [-0.2, -0.15) is 0 Å². The molecule has 1 saturated carbocycles. The van der Waals surface area contributed by atoms with E-state index in [1.807, 2.05) is 0 Å². The Hall–Kier alpha value is -0.120. The largest absolute Gasteiger partial charge is 0.355 e. The summed E-state index contributed by atoms with van der Waals surface area (Å²) in [5, 5.41) is 3.73. The Labute approximate surface area is 105 Å². The maximum atomic E-state index is 5.58. The second-order valence-corrected chi connectivity index (χ2v) is 5.42. The van der Waals surface area contributed by atoms with Crippen LogP contribution in [0.1, 0.15) is 51.9 Å². The molecule has 0 aromatic carbocycles. The summed E-state index contributed by atoms with van der Waals surface area (Å²) in [5.74, 6) is 0.897. The van der Waals surface area contributed by atoms with Gasteiger partial charge >= 0.3 is 0 Å². The van der Waals surface area contributed by atoms with E-state index >= 15 is 0 Å². The topological polar surface area (TPSA) is 30.5 Å². The first-order chi connectivity index (χ1) is 8.40. The first-order valence-corrected chi connectivity index (χ1v) is 7.33. The van der Waals surface area contributed by atoms with Gasteiger partial charge in [0.2, 0.25) is 0 Å². The average molecular weight is 241 g/mol. The van der Waals surface area contributed by atoms with E-state index in [0.29, 0.717) is 18.9 Å². The number of rotatable bonds is 5. The van der Waals surface area contributed by atoms with Gasteiger partial charge < -0.3 is 14.8 Å². The van der Waals surface area contributed by atoms with Crippen molar-refractivity contribution in [2.24, 2.45) is 5.92 Å². The molecule has 17 heavy (non-hydrogen) atoms. The second-order valence-electron chi connectivity index (χ2n) is 5.42. The summed E-state index contributed by atoms with van der Waals surface area (Å²) in [4.78, 5) is 0. The molecule has 100 valence electrons. The Morgan fingerprint density at radius 2 is 2.00 bits per heavy atom. The van der Waals surface area contributed by atoms with E-state index in [4.69, 9.17) is 9.47 Å². The maximum absolute atomic E-state index is 5.58. The lowest BCUT2D eigenvalue weighted by molar-refractivity contribution is -0.137. The minimum atomic E-state index is 0.362. The van der Waals surface area contributed by atoms with E-state index in [9.17, 15) is 0 Å². The van der Waals surface area contributed by atoms with Crippen LogP contribution < -0.4 is 5.32 Å². The molecule has 1 aliphatic heterocycles. The molecule has 0 spiro atoms. The van der Waals surface area contributed by atoms with Crippen LogP contribution in [0.4, 0.5) is 0 Å². The Kier molecular flexibility index (Phi) is 5.75. The van der Waals surface area contributed by atoms with Crippen LogP contribution in [0.2, 0.25) is 0 Å². The SMILES string of the molecule is CCC(NCC1CCOCO1)C1CCCCC1. The van der Waals surface area contributed by atoms with Crippen LogP contribution in [0.5, 0.6) is 0 Å². The van der Waals surface area contributed by atoms with E-state index < -0.39 is 0 Å². The summed E-state index contributed by atoms with van der Waals surface area (Å²) >= 11 is 0. The van der Waals surface area contributed by atoms with Crippen molar-refractivity contribution in [2.45, 2.75) is 64.0 Å². The van der Waals surface area contributed by atoms with Crippen molar-refractivity contribution in [2.75, 3.05) is 19.9 Å². The zero-order valence-corrected chi connectivity index (χ0v) is 11.1. The van der Waals surface area contributed by atoms with E-state index in [2.05, 4.69) is 12.2 Å². The van der Waals surface area contributed by atoms with Gasteiger partial charge in [0.15, 0.2) is 0 Å². The predicted molar refractivity (Wildman–Crippen MR) is 69.0 cm³/mol.